The summed E-state index contributed by atoms with van der Waals surface area (Å²) in [5.74, 6) is 0.525. The summed E-state index contributed by atoms with van der Waals surface area (Å²) in [5.41, 5.74) is 0.989. The molecule has 0 radical (unpaired) electrons. The second-order valence-electron chi connectivity index (χ2n) is 4.79. The van der Waals surface area contributed by atoms with Gasteiger partial charge in [-0.1, -0.05) is 30.3 Å². The Morgan fingerprint density at radius 3 is 2.43 bits per heavy atom. The Labute approximate surface area is 123 Å². The molecule has 2 aromatic rings. The van der Waals surface area contributed by atoms with E-state index < -0.39 is 6.04 Å². The summed E-state index contributed by atoms with van der Waals surface area (Å²) in [6.07, 6.45) is 0. The van der Waals surface area contributed by atoms with Gasteiger partial charge in [0.2, 0.25) is 5.91 Å². The van der Waals surface area contributed by atoms with Crippen LogP contribution in [0.3, 0.4) is 0 Å². The van der Waals surface area contributed by atoms with E-state index in [4.69, 9.17) is 4.42 Å². The SMILES string of the molecule is CC(=O)N[C@H](C(=O)NCc1ccccc1)c1ccc(C)o1. The van der Waals surface area contributed by atoms with Gasteiger partial charge < -0.3 is 15.1 Å². The highest BCUT2D eigenvalue weighted by Crippen LogP contribution is 2.16. The van der Waals surface area contributed by atoms with Crippen LogP contribution in [0.2, 0.25) is 0 Å². The van der Waals surface area contributed by atoms with E-state index in [1.54, 1.807) is 19.1 Å². The van der Waals surface area contributed by atoms with Gasteiger partial charge >= 0.3 is 0 Å². The average molecular weight is 286 g/mol. The van der Waals surface area contributed by atoms with Crippen molar-refractivity contribution >= 4 is 11.8 Å². The van der Waals surface area contributed by atoms with Crippen molar-refractivity contribution in [1.82, 2.24) is 10.6 Å². The number of carbonyl (C=O) groups excluding carboxylic acids is 2. The predicted molar refractivity (Wildman–Crippen MR) is 78.3 cm³/mol. The number of carbonyl (C=O) groups is 2. The monoisotopic (exact) mass is 286 g/mol. The molecule has 2 amide bonds. The lowest BCUT2D eigenvalue weighted by Gasteiger charge is -2.15. The van der Waals surface area contributed by atoms with Crippen LogP contribution in [-0.2, 0) is 16.1 Å². The molecule has 0 bridgehead atoms. The number of furan rings is 1. The molecular weight excluding hydrogens is 268 g/mol. The van der Waals surface area contributed by atoms with Gasteiger partial charge in [-0.2, -0.15) is 0 Å². The van der Waals surface area contributed by atoms with E-state index in [-0.39, 0.29) is 11.8 Å². The topological polar surface area (TPSA) is 71.3 Å². The number of benzene rings is 1. The molecule has 1 heterocycles. The molecule has 0 aliphatic rings. The first-order chi connectivity index (χ1) is 10.1. The maximum atomic E-state index is 12.3. The molecule has 0 aliphatic carbocycles. The summed E-state index contributed by atoms with van der Waals surface area (Å²) in [4.78, 5) is 23.6. The van der Waals surface area contributed by atoms with Crippen LogP contribution in [-0.4, -0.2) is 11.8 Å². The fourth-order valence-electron chi connectivity index (χ4n) is 1.96. The van der Waals surface area contributed by atoms with Gasteiger partial charge in [0.15, 0.2) is 6.04 Å². The van der Waals surface area contributed by atoms with Crippen LogP contribution in [0, 0.1) is 6.92 Å². The Balaban J connectivity index is 2.06. The van der Waals surface area contributed by atoms with E-state index in [2.05, 4.69) is 10.6 Å². The molecule has 0 saturated heterocycles. The molecule has 2 rings (SSSR count). The Morgan fingerprint density at radius 2 is 1.86 bits per heavy atom. The maximum absolute atomic E-state index is 12.3. The summed E-state index contributed by atoms with van der Waals surface area (Å²) < 4.78 is 5.44. The molecule has 0 fully saturated rings. The minimum Gasteiger partial charge on any atom is -0.464 e. The van der Waals surface area contributed by atoms with Gasteiger partial charge in [0, 0.05) is 13.5 Å². The Morgan fingerprint density at radius 1 is 1.14 bits per heavy atom. The maximum Gasteiger partial charge on any atom is 0.250 e. The molecule has 1 aromatic carbocycles. The zero-order chi connectivity index (χ0) is 15.2. The minimum absolute atomic E-state index is 0.288. The first kappa shape index (κ1) is 14.8. The summed E-state index contributed by atoms with van der Waals surface area (Å²) in [7, 11) is 0. The Bertz CT molecular complexity index is 619. The molecule has 1 aromatic heterocycles. The molecule has 110 valence electrons. The van der Waals surface area contributed by atoms with Gasteiger partial charge in [-0.05, 0) is 24.6 Å². The highest BCUT2D eigenvalue weighted by molar-refractivity contribution is 5.87. The third kappa shape index (κ3) is 4.21. The van der Waals surface area contributed by atoms with Gasteiger partial charge in [0.05, 0.1) is 0 Å². The van der Waals surface area contributed by atoms with E-state index >= 15 is 0 Å². The van der Waals surface area contributed by atoms with E-state index in [1.165, 1.54) is 6.92 Å². The predicted octanol–water partition coefficient (Wildman–Crippen LogP) is 2.08. The first-order valence-corrected chi connectivity index (χ1v) is 6.71. The molecule has 5 heteroatoms. The van der Waals surface area contributed by atoms with Crippen molar-refractivity contribution in [3.63, 3.8) is 0 Å². The summed E-state index contributed by atoms with van der Waals surface area (Å²) >= 11 is 0. The number of nitrogens with one attached hydrogen (secondary N) is 2. The highest BCUT2D eigenvalue weighted by Gasteiger charge is 2.24. The molecule has 21 heavy (non-hydrogen) atoms. The molecule has 5 nitrogen and oxygen atoms in total. The van der Waals surface area contributed by atoms with E-state index in [9.17, 15) is 9.59 Å². The van der Waals surface area contributed by atoms with Crippen LogP contribution in [0.25, 0.3) is 0 Å². The molecule has 0 aliphatic heterocycles. The van der Waals surface area contributed by atoms with Crippen LogP contribution in [0.4, 0.5) is 0 Å². The molecule has 0 unspecified atom stereocenters. The van der Waals surface area contributed by atoms with E-state index in [0.717, 1.165) is 5.56 Å². The number of hydrogen-bond acceptors (Lipinski definition) is 3. The van der Waals surface area contributed by atoms with Crippen LogP contribution in [0.1, 0.15) is 30.0 Å². The fraction of sp³-hybridized carbons (Fsp3) is 0.250. The molecule has 0 saturated carbocycles. The highest BCUT2D eigenvalue weighted by atomic mass is 16.3. The average Bonchev–Trinajstić information content (AvgIpc) is 2.89. The van der Waals surface area contributed by atoms with Crippen LogP contribution < -0.4 is 10.6 Å². The number of amides is 2. The zero-order valence-electron chi connectivity index (χ0n) is 12.1. The van der Waals surface area contributed by atoms with Gasteiger partial charge in [0.25, 0.3) is 5.91 Å². The zero-order valence-corrected chi connectivity index (χ0v) is 12.1. The third-order valence-electron chi connectivity index (χ3n) is 2.97. The molecule has 1 atom stereocenters. The Kier molecular flexibility index (Phi) is 4.77. The lowest BCUT2D eigenvalue weighted by molar-refractivity contribution is -0.128. The third-order valence-corrected chi connectivity index (χ3v) is 2.97. The minimum atomic E-state index is -0.820. The van der Waals surface area contributed by atoms with Gasteiger partial charge in [-0.15, -0.1) is 0 Å². The van der Waals surface area contributed by atoms with Crippen LogP contribution in [0.15, 0.2) is 46.9 Å². The normalized spacial score (nSPS) is 11.7. The van der Waals surface area contributed by atoms with E-state index in [1.807, 2.05) is 30.3 Å². The number of aryl methyl sites for hydroxylation is 1. The van der Waals surface area contributed by atoms with Crippen molar-refractivity contribution in [2.75, 3.05) is 0 Å². The van der Waals surface area contributed by atoms with Crippen molar-refractivity contribution in [1.29, 1.82) is 0 Å². The van der Waals surface area contributed by atoms with Crippen LogP contribution >= 0.6 is 0 Å². The van der Waals surface area contributed by atoms with Crippen LogP contribution in [0.5, 0.6) is 0 Å². The molecule has 2 N–H and O–H groups in total. The smallest absolute Gasteiger partial charge is 0.250 e. The van der Waals surface area contributed by atoms with Gasteiger partial charge in [0.1, 0.15) is 11.5 Å². The lowest BCUT2D eigenvalue weighted by atomic mass is 10.2. The van der Waals surface area contributed by atoms with Crippen molar-refractivity contribution in [2.24, 2.45) is 0 Å². The summed E-state index contributed by atoms with van der Waals surface area (Å²) in [6.45, 7) is 3.55. The number of rotatable bonds is 5. The quantitative estimate of drug-likeness (QED) is 0.884. The summed E-state index contributed by atoms with van der Waals surface area (Å²) in [6, 6.07) is 12.2. The van der Waals surface area contributed by atoms with Crippen molar-refractivity contribution in [3.8, 4) is 0 Å². The molecular formula is C16H18N2O3. The second kappa shape index (κ2) is 6.74. The number of hydrogen-bond donors (Lipinski definition) is 2. The lowest BCUT2D eigenvalue weighted by Crippen LogP contribution is -2.39. The van der Waals surface area contributed by atoms with Gasteiger partial charge in [-0.3, -0.25) is 9.59 Å². The van der Waals surface area contributed by atoms with E-state index in [0.29, 0.717) is 18.1 Å². The van der Waals surface area contributed by atoms with Crippen molar-refractivity contribution in [2.45, 2.75) is 26.4 Å². The van der Waals surface area contributed by atoms with Crippen molar-refractivity contribution in [3.05, 3.63) is 59.5 Å². The first-order valence-electron chi connectivity index (χ1n) is 6.71. The standard InChI is InChI=1S/C16H18N2O3/c1-11-8-9-14(21-11)15(18-12(2)19)16(20)17-10-13-6-4-3-5-7-13/h3-9,15H,10H2,1-2H3,(H,17,20)(H,18,19)/t15-/m0/s1. The fourth-order valence-corrected chi connectivity index (χ4v) is 1.96. The van der Waals surface area contributed by atoms with Gasteiger partial charge in [-0.25, -0.2) is 0 Å². The van der Waals surface area contributed by atoms with Crippen molar-refractivity contribution < 1.29 is 14.0 Å². The largest absolute Gasteiger partial charge is 0.464 e. The molecule has 0 spiro atoms. The second-order valence-corrected chi connectivity index (χ2v) is 4.79. The summed E-state index contributed by atoms with van der Waals surface area (Å²) in [5, 5.41) is 5.40. The Hall–Kier alpha value is -2.56.